The number of nitriles is 1. The number of carbonyl (C=O) groups is 1. The molecule has 7 nitrogen and oxygen atoms in total. The fourth-order valence-corrected chi connectivity index (χ4v) is 2.61. The molecule has 136 valence electrons. The van der Waals surface area contributed by atoms with Crippen LogP contribution in [0.1, 0.15) is 6.42 Å². The monoisotopic (exact) mass is 385 g/mol. The summed E-state index contributed by atoms with van der Waals surface area (Å²) in [5.41, 5.74) is 1.48. The van der Waals surface area contributed by atoms with E-state index >= 15 is 0 Å². The highest BCUT2D eigenvalue weighted by molar-refractivity contribution is 6.31. The first-order valence-electron chi connectivity index (χ1n) is 7.73. The lowest BCUT2D eigenvalue weighted by Crippen LogP contribution is -2.11. The van der Waals surface area contributed by atoms with Crippen LogP contribution in [0.15, 0.2) is 36.7 Å². The van der Waals surface area contributed by atoms with Crippen LogP contribution in [0.2, 0.25) is 5.02 Å². The van der Waals surface area contributed by atoms with Gasteiger partial charge in [-0.05, 0) is 24.3 Å². The lowest BCUT2D eigenvalue weighted by atomic mass is 10.1. The predicted molar refractivity (Wildman–Crippen MR) is 99.6 cm³/mol. The molecule has 0 saturated heterocycles. The number of anilines is 3. The molecule has 3 aromatic rings. The highest BCUT2D eigenvalue weighted by Gasteiger charge is 2.13. The van der Waals surface area contributed by atoms with E-state index in [9.17, 15) is 9.18 Å². The maximum absolute atomic E-state index is 13.3. The van der Waals surface area contributed by atoms with Gasteiger partial charge in [-0.15, -0.1) is 0 Å². The first-order chi connectivity index (χ1) is 13.0. The van der Waals surface area contributed by atoms with Gasteiger partial charge in [0.15, 0.2) is 0 Å². The normalized spacial score (nSPS) is 10.3. The number of amides is 1. The molecule has 27 heavy (non-hydrogen) atoms. The first kappa shape index (κ1) is 18.4. The van der Waals surface area contributed by atoms with E-state index in [0.717, 1.165) is 0 Å². The summed E-state index contributed by atoms with van der Waals surface area (Å²) in [4.78, 5) is 20.2. The van der Waals surface area contributed by atoms with Gasteiger partial charge >= 0.3 is 0 Å². The molecular weight excluding hydrogens is 373 g/mol. The zero-order valence-electron chi connectivity index (χ0n) is 14.1. The average molecular weight is 386 g/mol. The van der Waals surface area contributed by atoms with Gasteiger partial charge in [0, 0.05) is 17.1 Å². The molecule has 2 aromatic carbocycles. The van der Waals surface area contributed by atoms with Crippen LogP contribution < -0.4 is 15.4 Å². The Hall–Kier alpha value is -3.44. The molecule has 0 aliphatic rings. The van der Waals surface area contributed by atoms with Crippen LogP contribution in [0, 0.1) is 17.1 Å². The highest BCUT2D eigenvalue weighted by Crippen LogP contribution is 2.33. The molecule has 3 rings (SSSR count). The number of ether oxygens (including phenoxy) is 1. The van der Waals surface area contributed by atoms with E-state index in [1.807, 2.05) is 0 Å². The molecule has 0 unspecified atom stereocenters. The average Bonchev–Trinajstić information content (AvgIpc) is 2.65. The molecule has 2 N–H and O–H groups in total. The van der Waals surface area contributed by atoms with Crippen molar-refractivity contribution in [2.24, 2.45) is 0 Å². The Balaban J connectivity index is 2.04. The fraction of sp³-hybridized carbons (Fsp3) is 0.111. The van der Waals surface area contributed by atoms with E-state index in [4.69, 9.17) is 21.6 Å². The lowest BCUT2D eigenvalue weighted by Gasteiger charge is -2.13. The van der Waals surface area contributed by atoms with Crippen molar-refractivity contribution >= 4 is 45.6 Å². The Morgan fingerprint density at radius 1 is 1.33 bits per heavy atom. The minimum Gasteiger partial charge on any atom is -0.494 e. The molecule has 1 amide bonds. The largest absolute Gasteiger partial charge is 0.494 e. The zero-order chi connectivity index (χ0) is 19.4. The summed E-state index contributed by atoms with van der Waals surface area (Å²) in [6.45, 7) is 0. The molecule has 0 aliphatic carbocycles. The number of hydrogen-bond donors (Lipinski definition) is 2. The zero-order valence-corrected chi connectivity index (χ0v) is 14.8. The van der Waals surface area contributed by atoms with Gasteiger partial charge in [-0.1, -0.05) is 11.6 Å². The van der Waals surface area contributed by atoms with Crippen LogP contribution in [0.4, 0.5) is 21.6 Å². The van der Waals surface area contributed by atoms with Crippen LogP contribution in [0.3, 0.4) is 0 Å². The molecule has 9 heteroatoms. The van der Waals surface area contributed by atoms with Crippen molar-refractivity contribution in [1.29, 1.82) is 5.26 Å². The summed E-state index contributed by atoms with van der Waals surface area (Å²) in [6.07, 6.45) is 1.08. The van der Waals surface area contributed by atoms with Crippen molar-refractivity contribution in [3.8, 4) is 11.8 Å². The standard InChI is InChI=1S/C18H13ClFN5O2/c1-27-16-8-14-11(7-15(16)25-17(26)4-5-21)18(23-9-22-14)24-10-2-3-13(20)12(19)6-10/h2-3,6-9H,4H2,1H3,(H,25,26)(H,22,23,24). The second kappa shape index (κ2) is 7.85. The van der Waals surface area contributed by atoms with Crippen LogP contribution in [-0.2, 0) is 4.79 Å². The highest BCUT2D eigenvalue weighted by atomic mass is 35.5. The van der Waals surface area contributed by atoms with Crippen LogP contribution in [0.25, 0.3) is 10.9 Å². The van der Waals surface area contributed by atoms with Crippen LogP contribution in [0.5, 0.6) is 5.75 Å². The molecule has 0 radical (unpaired) electrons. The molecule has 1 aromatic heterocycles. The van der Waals surface area contributed by atoms with Crippen molar-refractivity contribution in [3.63, 3.8) is 0 Å². The lowest BCUT2D eigenvalue weighted by molar-refractivity contribution is -0.115. The summed E-state index contributed by atoms with van der Waals surface area (Å²) in [5.74, 6) is -0.168. The summed E-state index contributed by atoms with van der Waals surface area (Å²) < 4.78 is 18.6. The first-order valence-corrected chi connectivity index (χ1v) is 8.11. The number of fused-ring (bicyclic) bond motifs is 1. The van der Waals surface area contributed by atoms with Gasteiger partial charge in [-0.3, -0.25) is 4.79 Å². The number of methoxy groups -OCH3 is 1. The number of nitrogens with one attached hydrogen (secondary N) is 2. The van der Waals surface area contributed by atoms with Crippen LogP contribution in [-0.4, -0.2) is 23.0 Å². The van der Waals surface area contributed by atoms with Crippen molar-refractivity contribution in [3.05, 3.63) is 47.5 Å². The molecule has 0 bridgehead atoms. The second-order valence-electron chi connectivity index (χ2n) is 5.43. The van der Waals surface area contributed by atoms with Gasteiger partial charge in [-0.2, -0.15) is 5.26 Å². The van der Waals surface area contributed by atoms with Gasteiger partial charge in [0.1, 0.15) is 30.1 Å². The van der Waals surface area contributed by atoms with E-state index < -0.39 is 11.7 Å². The minimum atomic E-state index is -0.526. The topological polar surface area (TPSA) is 99.9 Å². The van der Waals surface area contributed by atoms with E-state index in [-0.39, 0.29) is 11.4 Å². The molecule has 0 spiro atoms. The Bertz CT molecular complexity index is 1070. The van der Waals surface area contributed by atoms with E-state index in [0.29, 0.717) is 33.8 Å². The summed E-state index contributed by atoms with van der Waals surface area (Å²) in [5, 5.41) is 14.9. The number of carbonyl (C=O) groups excluding carboxylic acids is 1. The molecule has 1 heterocycles. The Labute approximate surface area is 158 Å². The van der Waals surface area contributed by atoms with Crippen molar-refractivity contribution in [1.82, 2.24) is 9.97 Å². The van der Waals surface area contributed by atoms with Crippen molar-refractivity contribution < 1.29 is 13.9 Å². The Morgan fingerprint density at radius 2 is 2.15 bits per heavy atom. The van der Waals surface area contributed by atoms with E-state index in [1.165, 1.54) is 31.6 Å². The molecular formula is C18H13ClFN5O2. The molecule has 0 aliphatic heterocycles. The third-order valence-corrected chi connectivity index (χ3v) is 3.94. The van der Waals surface area contributed by atoms with Crippen LogP contribution >= 0.6 is 11.6 Å². The molecule has 0 saturated carbocycles. The van der Waals surface area contributed by atoms with E-state index in [2.05, 4.69) is 20.6 Å². The SMILES string of the molecule is COc1cc2ncnc(Nc3ccc(F)c(Cl)c3)c2cc1NC(=O)CC#N. The molecule has 0 atom stereocenters. The Morgan fingerprint density at radius 3 is 2.85 bits per heavy atom. The number of hydrogen-bond acceptors (Lipinski definition) is 6. The number of aromatic nitrogens is 2. The van der Waals surface area contributed by atoms with Gasteiger partial charge in [0.2, 0.25) is 5.91 Å². The van der Waals surface area contributed by atoms with Gasteiger partial charge in [0.05, 0.1) is 29.4 Å². The third-order valence-electron chi connectivity index (χ3n) is 3.65. The minimum absolute atomic E-state index is 0.0236. The molecule has 0 fully saturated rings. The van der Waals surface area contributed by atoms with Gasteiger partial charge in [-0.25, -0.2) is 14.4 Å². The maximum Gasteiger partial charge on any atom is 0.238 e. The summed E-state index contributed by atoms with van der Waals surface area (Å²) in [7, 11) is 1.46. The predicted octanol–water partition coefficient (Wildman–Crippen LogP) is 4.03. The fourth-order valence-electron chi connectivity index (χ4n) is 2.43. The van der Waals surface area contributed by atoms with E-state index in [1.54, 1.807) is 18.2 Å². The number of rotatable bonds is 5. The van der Waals surface area contributed by atoms with Crippen molar-refractivity contribution in [2.75, 3.05) is 17.7 Å². The number of halogens is 2. The third kappa shape index (κ3) is 4.04. The quantitative estimate of drug-likeness (QED) is 0.687. The van der Waals surface area contributed by atoms with Gasteiger partial charge in [0.25, 0.3) is 0 Å². The number of benzene rings is 2. The summed E-state index contributed by atoms with van der Waals surface area (Å²) >= 11 is 5.81. The van der Waals surface area contributed by atoms with Crippen molar-refractivity contribution in [2.45, 2.75) is 6.42 Å². The Kier molecular flexibility index (Phi) is 5.33. The maximum atomic E-state index is 13.3. The number of nitrogens with zero attached hydrogens (tertiary/aromatic N) is 3. The summed E-state index contributed by atoms with van der Waals surface area (Å²) in [6, 6.07) is 9.26. The van der Waals surface area contributed by atoms with Gasteiger partial charge < -0.3 is 15.4 Å². The smallest absolute Gasteiger partial charge is 0.238 e. The second-order valence-corrected chi connectivity index (χ2v) is 5.84.